The van der Waals surface area contributed by atoms with Crippen LogP contribution in [0.3, 0.4) is 0 Å². The van der Waals surface area contributed by atoms with E-state index in [0.717, 1.165) is 5.39 Å². The molecule has 36 heavy (non-hydrogen) atoms. The summed E-state index contributed by atoms with van der Waals surface area (Å²) in [4.78, 5) is 39.4. The number of ether oxygens (including phenoxy) is 2. The lowest BCUT2D eigenvalue weighted by molar-refractivity contribution is -0.147. The summed E-state index contributed by atoms with van der Waals surface area (Å²) in [5.74, 6) is -2.04. The summed E-state index contributed by atoms with van der Waals surface area (Å²) in [6.07, 6.45) is -2.52. The molecule has 0 fully saturated rings. The number of hydrogen-bond acceptors (Lipinski definition) is 5. The molecule has 2 atom stereocenters. The second-order valence-electron chi connectivity index (χ2n) is 10.0. The van der Waals surface area contributed by atoms with E-state index in [4.69, 9.17) is 21.1 Å². The van der Waals surface area contributed by atoms with Gasteiger partial charge in [0.1, 0.15) is 12.2 Å². The Morgan fingerprint density at radius 3 is 2.39 bits per heavy atom. The molecule has 1 aliphatic heterocycles. The van der Waals surface area contributed by atoms with Crippen LogP contribution in [0.4, 0.5) is 5.69 Å². The van der Waals surface area contributed by atoms with E-state index < -0.39 is 36.5 Å². The summed E-state index contributed by atoms with van der Waals surface area (Å²) >= 11 is 6.41. The maximum absolute atomic E-state index is 13.7. The molecule has 0 saturated carbocycles. The van der Waals surface area contributed by atoms with Gasteiger partial charge in [-0.25, -0.2) is 4.79 Å². The fourth-order valence-corrected chi connectivity index (χ4v) is 4.76. The molecule has 188 valence electrons. The highest BCUT2D eigenvalue weighted by Crippen LogP contribution is 2.43. The number of amides is 1. The third-order valence-corrected chi connectivity index (χ3v) is 6.28. The standard InChI is InChI=1S/C28H28ClNO6/c1-28(2,3)15-30-22-12-9-16(29)13-21(22)25(36-23(26(30)33)14-24(31)32)19-10-11-20(27(34)35-4)18-8-6-5-7-17(18)19/h5-13,23,25H,14-15H2,1-4H3,(H,31,32)/t23-,25-/m0/s1. The van der Waals surface area contributed by atoms with Gasteiger partial charge in [-0.2, -0.15) is 0 Å². The number of halogens is 1. The first-order valence-corrected chi connectivity index (χ1v) is 12.0. The number of nitrogens with zero attached hydrogens (tertiary/aromatic N) is 1. The van der Waals surface area contributed by atoms with Crippen LogP contribution in [0.2, 0.25) is 5.02 Å². The molecule has 0 saturated heterocycles. The van der Waals surface area contributed by atoms with Crippen LogP contribution in [0.25, 0.3) is 10.8 Å². The normalized spacial score (nSPS) is 18.0. The predicted molar refractivity (Wildman–Crippen MR) is 138 cm³/mol. The van der Waals surface area contributed by atoms with E-state index in [0.29, 0.717) is 39.3 Å². The lowest BCUT2D eigenvalue weighted by Crippen LogP contribution is -2.44. The Bertz CT molecular complexity index is 1350. The fraction of sp³-hybridized carbons (Fsp3) is 0.321. The third-order valence-electron chi connectivity index (χ3n) is 6.04. The van der Waals surface area contributed by atoms with Crippen molar-refractivity contribution >= 4 is 45.9 Å². The van der Waals surface area contributed by atoms with E-state index >= 15 is 0 Å². The number of fused-ring (bicyclic) bond motifs is 2. The molecule has 7 nitrogen and oxygen atoms in total. The Morgan fingerprint density at radius 1 is 1.06 bits per heavy atom. The Kier molecular flexibility index (Phi) is 7.07. The molecule has 4 rings (SSSR count). The van der Waals surface area contributed by atoms with E-state index in [1.54, 1.807) is 35.2 Å². The summed E-state index contributed by atoms with van der Waals surface area (Å²) < 4.78 is 11.3. The van der Waals surface area contributed by atoms with Gasteiger partial charge in [-0.1, -0.05) is 62.7 Å². The van der Waals surface area contributed by atoms with Crippen molar-refractivity contribution < 1.29 is 29.0 Å². The number of anilines is 1. The zero-order valence-corrected chi connectivity index (χ0v) is 21.3. The van der Waals surface area contributed by atoms with Crippen LogP contribution in [-0.2, 0) is 19.1 Å². The van der Waals surface area contributed by atoms with Crippen LogP contribution < -0.4 is 4.90 Å². The molecule has 0 unspecified atom stereocenters. The summed E-state index contributed by atoms with van der Waals surface area (Å²) in [6, 6.07) is 16.0. The van der Waals surface area contributed by atoms with Crippen molar-refractivity contribution in [3.8, 4) is 0 Å². The molecule has 0 aliphatic carbocycles. The number of carboxylic acids is 1. The molecule has 3 aromatic carbocycles. The zero-order chi connectivity index (χ0) is 26.2. The van der Waals surface area contributed by atoms with E-state index in [1.165, 1.54) is 7.11 Å². The average molecular weight is 510 g/mol. The van der Waals surface area contributed by atoms with Crippen LogP contribution in [0.15, 0.2) is 54.6 Å². The number of esters is 1. The number of carboxylic acid groups (broad SMARTS) is 1. The van der Waals surface area contributed by atoms with Gasteiger partial charge in [0.25, 0.3) is 5.91 Å². The van der Waals surface area contributed by atoms with E-state index in [9.17, 15) is 19.5 Å². The molecule has 0 aromatic heterocycles. The average Bonchev–Trinajstić information content (AvgIpc) is 2.92. The first kappa shape index (κ1) is 25.7. The van der Waals surface area contributed by atoms with E-state index in [2.05, 4.69) is 0 Å². The monoisotopic (exact) mass is 509 g/mol. The second kappa shape index (κ2) is 9.91. The first-order chi connectivity index (χ1) is 17.0. The first-order valence-electron chi connectivity index (χ1n) is 11.6. The molecule has 0 spiro atoms. The number of aliphatic carboxylic acids is 1. The summed E-state index contributed by atoms with van der Waals surface area (Å²) in [6.45, 7) is 6.37. The molecular formula is C28H28ClNO6. The highest BCUT2D eigenvalue weighted by molar-refractivity contribution is 6.30. The highest BCUT2D eigenvalue weighted by Gasteiger charge is 2.39. The van der Waals surface area contributed by atoms with Gasteiger partial charge >= 0.3 is 11.9 Å². The SMILES string of the molecule is COC(=O)c1ccc([C@@H]2O[C@@H](CC(=O)O)C(=O)N(CC(C)(C)C)c3ccc(Cl)cc32)c2ccccc12. The molecule has 8 heteroatoms. The quantitative estimate of drug-likeness (QED) is 0.448. The number of carbonyl (C=O) groups is 3. The Balaban J connectivity index is 1.98. The van der Waals surface area contributed by atoms with Gasteiger partial charge in [-0.05, 0) is 46.0 Å². The highest BCUT2D eigenvalue weighted by atomic mass is 35.5. The largest absolute Gasteiger partial charge is 0.481 e. The molecule has 1 aliphatic rings. The second-order valence-corrected chi connectivity index (χ2v) is 10.5. The minimum atomic E-state index is -1.22. The number of hydrogen-bond donors (Lipinski definition) is 1. The van der Waals surface area contributed by atoms with Gasteiger partial charge in [-0.3, -0.25) is 9.59 Å². The van der Waals surface area contributed by atoms with Gasteiger partial charge in [-0.15, -0.1) is 0 Å². The maximum Gasteiger partial charge on any atom is 0.338 e. The van der Waals surface area contributed by atoms with Crippen molar-refractivity contribution in [3.63, 3.8) is 0 Å². The van der Waals surface area contributed by atoms with Gasteiger partial charge in [0.15, 0.2) is 0 Å². The Labute approximate surface area is 214 Å². The van der Waals surface area contributed by atoms with Crippen molar-refractivity contribution in [1.82, 2.24) is 0 Å². The molecule has 1 N–H and O–H groups in total. The fourth-order valence-electron chi connectivity index (χ4n) is 4.58. The number of rotatable bonds is 5. The smallest absolute Gasteiger partial charge is 0.338 e. The predicted octanol–water partition coefficient (Wildman–Crippen LogP) is 5.62. The topological polar surface area (TPSA) is 93.1 Å². The van der Waals surface area contributed by atoms with Crippen molar-refractivity contribution in [2.24, 2.45) is 5.41 Å². The van der Waals surface area contributed by atoms with Crippen LogP contribution >= 0.6 is 11.6 Å². The van der Waals surface area contributed by atoms with Gasteiger partial charge < -0.3 is 19.5 Å². The third kappa shape index (κ3) is 5.08. The summed E-state index contributed by atoms with van der Waals surface area (Å²) in [5, 5.41) is 11.4. The van der Waals surface area contributed by atoms with Gasteiger partial charge in [0, 0.05) is 22.8 Å². The lowest BCUT2D eigenvalue weighted by Gasteiger charge is -2.31. The molecule has 3 aromatic rings. The van der Waals surface area contributed by atoms with Gasteiger partial charge in [0.2, 0.25) is 0 Å². The molecule has 1 heterocycles. The van der Waals surface area contributed by atoms with Crippen LogP contribution in [0, 0.1) is 5.41 Å². The zero-order valence-electron chi connectivity index (χ0n) is 20.6. The minimum Gasteiger partial charge on any atom is -0.481 e. The molecule has 1 amide bonds. The number of methoxy groups -OCH3 is 1. The molecule has 0 radical (unpaired) electrons. The Hall–Kier alpha value is -3.42. The maximum atomic E-state index is 13.7. The van der Waals surface area contributed by atoms with Crippen LogP contribution in [0.1, 0.15) is 54.8 Å². The van der Waals surface area contributed by atoms with Crippen LogP contribution in [-0.4, -0.2) is 42.7 Å². The minimum absolute atomic E-state index is 0.269. The summed E-state index contributed by atoms with van der Waals surface area (Å²) in [7, 11) is 1.32. The number of benzene rings is 3. The van der Waals surface area contributed by atoms with Crippen molar-refractivity contribution in [2.75, 3.05) is 18.6 Å². The number of carbonyl (C=O) groups excluding carboxylic acids is 2. The van der Waals surface area contributed by atoms with Crippen molar-refractivity contribution in [3.05, 3.63) is 76.3 Å². The summed E-state index contributed by atoms with van der Waals surface area (Å²) in [5.41, 5.74) is 2.06. The lowest BCUT2D eigenvalue weighted by atomic mass is 9.91. The van der Waals surface area contributed by atoms with Crippen molar-refractivity contribution in [1.29, 1.82) is 0 Å². The molecule has 0 bridgehead atoms. The Morgan fingerprint density at radius 2 is 1.75 bits per heavy atom. The molecular weight excluding hydrogens is 482 g/mol. The van der Waals surface area contributed by atoms with E-state index in [-0.39, 0.29) is 5.41 Å². The van der Waals surface area contributed by atoms with Gasteiger partial charge in [0.05, 0.1) is 19.1 Å². The van der Waals surface area contributed by atoms with Crippen LogP contribution in [0.5, 0.6) is 0 Å². The van der Waals surface area contributed by atoms with E-state index in [1.807, 2.05) is 45.0 Å². The van der Waals surface area contributed by atoms with Crippen molar-refractivity contribution in [2.45, 2.75) is 39.4 Å².